The summed E-state index contributed by atoms with van der Waals surface area (Å²) in [5.74, 6) is -0.358. The van der Waals surface area contributed by atoms with Gasteiger partial charge < -0.3 is 15.0 Å². The molecular weight excluding hydrogens is 573 g/mol. The second-order valence-electron chi connectivity index (χ2n) is 9.09. The molecule has 0 aliphatic heterocycles. The van der Waals surface area contributed by atoms with Gasteiger partial charge in [0.2, 0.25) is 11.8 Å². The van der Waals surface area contributed by atoms with Crippen molar-refractivity contribution in [2.75, 3.05) is 24.5 Å². The van der Waals surface area contributed by atoms with E-state index in [9.17, 15) is 18.0 Å². The molecule has 3 aromatic carbocycles. The van der Waals surface area contributed by atoms with E-state index in [1.54, 1.807) is 55.5 Å². The fourth-order valence-electron chi connectivity index (χ4n) is 4.00. The van der Waals surface area contributed by atoms with Crippen LogP contribution in [0.15, 0.2) is 77.7 Å². The van der Waals surface area contributed by atoms with Crippen LogP contribution in [0.3, 0.4) is 0 Å². The predicted octanol–water partition coefficient (Wildman–Crippen LogP) is 5.53. The number of ether oxygens (including phenoxy) is 1. The number of carbonyl (C=O) groups excluding carboxylic acids is 2. The Labute approximate surface area is 245 Å². The predicted molar refractivity (Wildman–Crippen MR) is 158 cm³/mol. The van der Waals surface area contributed by atoms with Crippen LogP contribution in [0, 0.1) is 0 Å². The summed E-state index contributed by atoms with van der Waals surface area (Å²) >= 11 is 12.7. The molecule has 214 valence electrons. The van der Waals surface area contributed by atoms with E-state index in [-0.39, 0.29) is 33.1 Å². The maximum atomic E-state index is 14.0. The number of hydrogen-bond acceptors (Lipinski definition) is 5. The normalized spacial score (nSPS) is 11.9. The zero-order valence-corrected chi connectivity index (χ0v) is 25.0. The molecule has 11 heteroatoms. The van der Waals surface area contributed by atoms with Crippen LogP contribution in [0.25, 0.3) is 0 Å². The van der Waals surface area contributed by atoms with Crippen molar-refractivity contribution in [2.45, 2.75) is 44.2 Å². The minimum atomic E-state index is -4.25. The van der Waals surface area contributed by atoms with E-state index in [2.05, 4.69) is 5.32 Å². The largest absolute Gasteiger partial charge is 0.497 e. The molecule has 40 heavy (non-hydrogen) atoms. The molecule has 1 unspecified atom stereocenters. The van der Waals surface area contributed by atoms with Gasteiger partial charge in [-0.3, -0.25) is 13.9 Å². The van der Waals surface area contributed by atoms with Crippen LogP contribution in [0.1, 0.15) is 32.3 Å². The minimum Gasteiger partial charge on any atom is -0.497 e. The van der Waals surface area contributed by atoms with Gasteiger partial charge in [-0.05, 0) is 55.3 Å². The number of halogens is 2. The topological polar surface area (TPSA) is 96.0 Å². The number of unbranched alkanes of at least 4 members (excludes halogenated alkanes) is 1. The van der Waals surface area contributed by atoms with Crippen molar-refractivity contribution in [1.29, 1.82) is 0 Å². The Hall–Kier alpha value is -3.27. The molecule has 0 radical (unpaired) electrons. The lowest BCUT2D eigenvalue weighted by atomic mass is 10.1. The Morgan fingerprint density at radius 2 is 1.70 bits per heavy atom. The summed E-state index contributed by atoms with van der Waals surface area (Å²) in [5, 5.41) is 2.98. The monoisotopic (exact) mass is 605 g/mol. The third-order valence-corrected chi connectivity index (χ3v) is 8.88. The van der Waals surface area contributed by atoms with Crippen LogP contribution >= 0.6 is 23.2 Å². The number of sulfonamides is 1. The Bertz CT molecular complexity index is 1420. The fourth-order valence-corrected chi connectivity index (χ4v) is 5.90. The van der Waals surface area contributed by atoms with Gasteiger partial charge >= 0.3 is 0 Å². The standard InChI is InChI=1S/C29H33Cl2N3O5S/c1-4-5-17-32-29(36)21(2)33(19-22-11-9-12-23(18-22)39-3)27(35)20-34(26-16-10-15-25(30)28(26)31)40(37,38)24-13-7-6-8-14-24/h6-16,18,21H,4-5,17,19-20H2,1-3H3,(H,32,36). The molecule has 0 saturated heterocycles. The van der Waals surface area contributed by atoms with Gasteiger partial charge in [0.25, 0.3) is 10.0 Å². The first-order valence-corrected chi connectivity index (χ1v) is 15.0. The summed E-state index contributed by atoms with van der Waals surface area (Å²) in [6.07, 6.45) is 1.69. The van der Waals surface area contributed by atoms with Crippen LogP contribution in [0.5, 0.6) is 5.75 Å². The molecule has 0 heterocycles. The molecule has 0 bridgehead atoms. The summed E-state index contributed by atoms with van der Waals surface area (Å²) in [4.78, 5) is 28.3. The van der Waals surface area contributed by atoms with E-state index in [1.807, 2.05) is 6.92 Å². The Kier molecular flexibility index (Phi) is 11.2. The van der Waals surface area contributed by atoms with Gasteiger partial charge in [-0.1, -0.05) is 72.9 Å². The molecular formula is C29H33Cl2N3O5S. The van der Waals surface area contributed by atoms with Crippen molar-refractivity contribution >= 4 is 50.7 Å². The zero-order chi connectivity index (χ0) is 29.3. The van der Waals surface area contributed by atoms with E-state index in [0.717, 1.165) is 17.1 Å². The number of methoxy groups -OCH3 is 1. The highest BCUT2D eigenvalue weighted by atomic mass is 35.5. The third kappa shape index (κ3) is 7.68. The first kappa shape index (κ1) is 31.3. The lowest BCUT2D eigenvalue weighted by Crippen LogP contribution is -2.51. The molecule has 1 atom stereocenters. The maximum Gasteiger partial charge on any atom is 0.264 e. The number of nitrogens with zero attached hydrogens (tertiary/aromatic N) is 2. The molecule has 0 saturated carbocycles. The summed E-state index contributed by atoms with van der Waals surface area (Å²) < 4.78 is 33.9. The number of amides is 2. The van der Waals surface area contributed by atoms with Crippen molar-refractivity contribution in [1.82, 2.24) is 10.2 Å². The summed E-state index contributed by atoms with van der Waals surface area (Å²) in [5.41, 5.74) is 0.756. The molecule has 3 rings (SSSR count). The Morgan fingerprint density at radius 1 is 1.00 bits per heavy atom. The smallest absolute Gasteiger partial charge is 0.264 e. The van der Waals surface area contributed by atoms with Gasteiger partial charge in [0.1, 0.15) is 18.3 Å². The van der Waals surface area contributed by atoms with Gasteiger partial charge in [0.05, 0.1) is 27.7 Å². The highest BCUT2D eigenvalue weighted by molar-refractivity contribution is 7.92. The van der Waals surface area contributed by atoms with Crippen LogP contribution in [0.2, 0.25) is 10.0 Å². The Balaban J connectivity index is 2.04. The SMILES string of the molecule is CCCCNC(=O)C(C)N(Cc1cccc(OC)c1)C(=O)CN(c1cccc(Cl)c1Cl)S(=O)(=O)c1ccccc1. The first-order valence-electron chi connectivity index (χ1n) is 12.8. The van der Waals surface area contributed by atoms with Gasteiger partial charge in [0, 0.05) is 13.1 Å². The summed E-state index contributed by atoms with van der Waals surface area (Å²) in [6.45, 7) is 3.51. The van der Waals surface area contributed by atoms with Crippen LogP contribution in [-0.4, -0.2) is 51.4 Å². The second kappa shape index (κ2) is 14.4. The van der Waals surface area contributed by atoms with Gasteiger partial charge in [0.15, 0.2) is 0 Å². The zero-order valence-electron chi connectivity index (χ0n) is 22.6. The fraction of sp³-hybridized carbons (Fsp3) is 0.310. The van der Waals surface area contributed by atoms with E-state index in [0.29, 0.717) is 17.9 Å². The average Bonchev–Trinajstić information content (AvgIpc) is 2.96. The number of benzene rings is 3. The maximum absolute atomic E-state index is 14.0. The van der Waals surface area contributed by atoms with Crippen molar-refractivity contribution in [3.05, 3.63) is 88.4 Å². The van der Waals surface area contributed by atoms with E-state index >= 15 is 0 Å². The van der Waals surface area contributed by atoms with E-state index in [1.165, 1.54) is 36.3 Å². The van der Waals surface area contributed by atoms with Gasteiger partial charge in [-0.2, -0.15) is 0 Å². The lowest BCUT2D eigenvalue weighted by Gasteiger charge is -2.32. The first-order chi connectivity index (χ1) is 19.1. The molecule has 3 aromatic rings. The average molecular weight is 607 g/mol. The molecule has 0 spiro atoms. The Morgan fingerprint density at radius 3 is 2.38 bits per heavy atom. The highest BCUT2D eigenvalue weighted by Crippen LogP contribution is 2.35. The number of carbonyl (C=O) groups is 2. The van der Waals surface area contributed by atoms with Crippen molar-refractivity contribution in [3.8, 4) is 5.75 Å². The van der Waals surface area contributed by atoms with Crippen molar-refractivity contribution < 1.29 is 22.7 Å². The van der Waals surface area contributed by atoms with Crippen molar-refractivity contribution in [3.63, 3.8) is 0 Å². The quantitative estimate of drug-likeness (QED) is 0.258. The van der Waals surface area contributed by atoms with Crippen LogP contribution in [0.4, 0.5) is 5.69 Å². The number of nitrogens with one attached hydrogen (secondary N) is 1. The van der Waals surface area contributed by atoms with Crippen molar-refractivity contribution in [2.24, 2.45) is 0 Å². The van der Waals surface area contributed by atoms with E-state index < -0.39 is 28.5 Å². The minimum absolute atomic E-state index is 0.0128. The number of rotatable bonds is 13. The third-order valence-electron chi connectivity index (χ3n) is 6.29. The van der Waals surface area contributed by atoms with Gasteiger partial charge in [-0.15, -0.1) is 0 Å². The van der Waals surface area contributed by atoms with Crippen LogP contribution < -0.4 is 14.4 Å². The molecule has 1 N–H and O–H groups in total. The molecule has 0 fully saturated rings. The van der Waals surface area contributed by atoms with E-state index in [4.69, 9.17) is 27.9 Å². The molecule has 0 aliphatic carbocycles. The molecule has 0 aliphatic rings. The summed E-state index contributed by atoms with van der Waals surface area (Å²) in [6, 6.07) is 18.5. The van der Waals surface area contributed by atoms with Gasteiger partial charge in [-0.25, -0.2) is 8.42 Å². The molecule has 8 nitrogen and oxygen atoms in total. The highest BCUT2D eigenvalue weighted by Gasteiger charge is 2.33. The molecule has 0 aromatic heterocycles. The lowest BCUT2D eigenvalue weighted by molar-refractivity contribution is -0.139. The number of anilines is 1. The molecule has 2 amide bonds. The number of hydrogen-bond donors (Lipinski definition) is 1. The second-order valence-corrected chi connectivity index (χ2v) is 11.7. The van der Waals surface area contributed by atoms with Crippen LogP contribution in [-0.2, 0) is 26.2 Å². The summed E-state index contributed by atoms with van der Waals surface area (Å²) in [7, 11) is -2.71.